The molecule has 1 atom stereocenters. The average Bonchev–Trinajstić information content (AvgIpc) is 2.75. The summed E-state index contributed by atoms with van der Waals surface area (Å²) in [7, 11) is 1.35. The zero-order chi connectivity index (χ0) is 11.5. The van der Waals surface area contributed by atoms with Crippen LogP contribution in [0.4, 0.5) is 0 Å². The first-order valence-corrected chi connectivity index (χ1v) is 5.85. The first kappa shape index (κ1) is 11.0. The minimum absolute atomic E-state index is 0.000744. The Labute approximate surface area is 97.4 Å². The zero-order valence-electron chi connectivity index (χ0n) is 8.73. The van der Waals surface area contributed by atoms with Crippen LogP contribution in [0.1, 0.15) is 21.3 Å². The fourth-order valence-electron chi connectivity index (χ4n) is 1.48. The molecule has 1 aliphatic heterocycles. The molecule has 2 rings (SSSR count). The van der Waals surface area contributed by atoms with E-state index in [0.29, 0.717) is 11.3 Å². The number of benzene rings is 1. The van der Waals surface area contributed by atoms with Crippen molar-refractivity contribution in [1.82, 2.24) is 5.32 Å². The molecular weight excluding hydrogens is 226 g/mol. The molecule has 84 valence electrons. The third-order valence-corrected chi connectivity index (χ3v) is 3.46. The van der Waals surface area contributed by atoms with E-state index < -0.39 is 0 Å². The second-order valence-electron chi connectivity index (χ2n) is 3.37. The number of hydrogen-bond donors (Lipinski definition) is 1. The van der Waals surface area contributed by atoms with Crippen molar-refractivity contribution in [2.75, 3.05) is 12.9 Å². The molecule has 0 bridgehead atoms. The third kappa shape index (κ3) is 2.19. The number of methoxy groups -OCH3 is 1. The summed E-state index contributed by atoms with van der Waals surface area (Å²) >= 11 is 1.55. The summed E-state index contributed by atoms with van der Waals surface area (Å²) in [5.41, 5.74) is 1.50. The lowest BCUT2D eigenvalue weighted by molar-refractivity contribution is -0.118. The summed E-state index contributed by atoms with van der Waals surface area (Å²) in [5.74, 6) is 0.186. The van der Waals surface area contributed by atoms with Crippen LogP contribution in [0.25, 0.3) is 0 Å². The van der Waals surface area contributed by atoms with Crippen LogP contribution in [0.2, 0.25) is 0 Å². The average molecular weight is 237 g/mol. The van der Waals surface area contributed by atoms with Gasteiger partial charge in [-0.1, -0.05) is 12.1 Å². The van der Waals surface area contributed by atoms with Gasteiger partial charge in [0.1, 0.15) is 5.37 Å². The van der Waals surface area contributed by atoms with Crippen molar-refractivity contribution in [3.8, 4) is 0 Å². The second kappa shape index (κ2) is 4.57. The fraction of sp³-hybridized carbons (Fsp3) is 0.273. The van der Waals surface area contributed by atoms with Crippen molar-refractivity contribution in [2.45, 2.75) is 5.37 Å². The van der Waals surface area contributed by atoms with Crippen molar-refractivity contribution in [3.05, 3.63) is 35.4 Å². The Morgan fingerprint density at radius 3 is 2.62 bits per heavy atom. The molecular formula is C11H11NO3S. The molecule has 4 nitrogen and oxygen atoms in total. The molecule has 0 radical (unpaired) electrons. The molecule has 0 aromatic heterocycles. The van der Waals surface area contributed by atoms with Crippen molar-refractivity contribution in [3.63, 3.8) is 0 Å². The number of carbonyl (C=O) groups excluding carboxylic acids is 2. The highest BCUT2D eigenvalue weighted by atomic mass is 32.2. The molecule has 1 saturated heterocycles. The Hall–Kier alpha value is -1.49. The number of amides is 1. The van der Waals surface area contributed by atoms with E-state index in [4.69, 9.17) is 0 Å². The molecule has 1 N–H and O–H groups in total. The van der Waals surface area contributed by atoms with Gasteiger partial charge < -0.3 is 10.1 Å². The highest BCUT2D eigenvalue weighted by Gasteiger charge is 2.22. The Kier molecular flexibility index (Phi) is 3.14. The van der Waals surface area contributed by atoms with Gasteiger partial charge in [0.15, 0.2) is 0 Å². The number of hydrogen-bond acceptors (Lipinski definition) is 4. The summed E-state index contributed by atoms with van der Waals surface area (Å²) < 4.78 is 4.60. The lowest BCUT2D eigenvalue weighted by Gasteiger charge is -2.09. The topological polar surface area (TPSA) is 55.4 Å². The lowest BCUT2D eigenvalue weighted by atomic mass is 10.1. The summed E-state index contributed by atoms with van der Waals surface area (Å²) in [5, 5.41) is 2.84. The third-order valence-electron chi connectivity index (χ3n) is 2.31. The molecule has 0 aliphatic carbocycles. The quantitative estimate of drug-likeness (QED) is 0.788. The fourth-order valence-corrected chi connectivity index (χ4v) is 2.45. The maximum Gasteiger partial charge on any atom is 0.337 e. The minimum atomic E-state index is -0.352. The van der Waals surface area contributed by atoms with Gasteiger partial charge in [-0.05, 0) is 17.7 Å². The monoisotopic (exact) mass is 237 g/mol. The Bertz CT molecular complexity index is 416. The molecule has 1 aromatic rings. The van der Waals surface area contributed by atoms with E-state index in [-0.39, 0.29) is 17.3 Å². The molecule has 16 heavy (non-hydrogen) atoms. The molecule has 0 unspecified atom stereocenters. The van der Waals surface area contributed by atoms with Crippen LogP contribution in [0, 0.1) is 0 Å². The molecule has 1 aliphatic rings. The molecule has 1 fully saturated rings. The maximum atomic E-state index is 11.2. The van der Waals surface area contributed by atoms with E-state index >= 15 is 0 Å². The first-order chi connectivity index (χ1) is 7.70. The van der Waals surface area contributed by atoms with Crippen LogP contribution in [0.3, 0.4) is 0 Å². The van der Waals surface area contributed by atoms with Gasteiger partial charge in [0.25, 0.3) is 0 Å². The molecule has 1 aromatic carbocycles. The smallest absolute Gasteiger partial charge is 0.337 e. The molecule has 5 heteroatoms. The lowest BCUT2D eigenvalue weighted by Crippen LogP contribution is -2.18. The van der Waals surface area contributed by atoms with Crippen LogP contribution in [0.15, 0.2) is 24.3 Å². The first-order valence-electron chi connectivity index (χ1n) is 4.80. The van der Waals surface area contributed by atoms with Gasteiger partial charge >= 0.3 is 5.97 Å². The van der Waals surface area contributed by atoms with Crippen molar-refractivity contribution in [2.24, 2.45) is 0 Å². The molecule has 0 spiro atoms. The SMILES string of the molecule is COC(=O)c1ccc([C@@H]2NC(=O)CS2)cc1. The number of thioether (sulfide) groups is 1. The van der Waals surface area contributed by atoms with Crippen molar-refractivity contribution >= 4 is 23.6 Å². The van der Waals surface area contributed by atoms with Crippen LogP contribution in [-0.2, 0) is 9.53 Å². The highest BCUT2D eigenvalue weighted by Crippen LogP contribution is 2.30. The number of ether oxygens (including phenoxy) is 1. The second-order valence-corrected chi connectivity index (χ2v) is 4.47. The van der Waals surface area contributed by atoms with Crippen LogP contribution in [0.5, 0.6) is 0 Å². The molecule has 0 saturated carbocycles. The Balaban J connectivity index is 2.13. The standard InChI is InChI=1S/C11H11NO3S/c1-15-11(14)8-4-2-7(3-5-8)10-12-9(13)6-16-10/h2-5,10H,6H2,1H3,(H,12,13)/t10-/m1/s1. The van der Waals surface area contributed by atoms with E-state index in [1.807, 2.05) is 12.1 Å². The molecule has 1 amide bonds. The normalized spacial score (nSPS) is 19.3. The highest BCUT2D eigenvalue weighted by molar-refractivity contribution is 8.00. The summed E-state index contributed by atoms with van der Waals surface area (Å²) in [4.78, 5) is 22.2. The predicted molar refractivity (Wildman–Crippen MR) is 61.1 cm³/mol. The van der Waals surface area contributed by atoms with E-state index in [2.05, 4.69) is 10.1 Å². The molecule has 1 heterocycles. The van der Waals surface area contributed by atoms with Crippen LogP contribution < -0.4 is 5.32 Å². The van der Waals surface area contributed by atoms with Gasteiger partial charge in [-0.3, -0.25) is 4.79 Å². The number of rotatable bonds is 2. The minimum Gasteiger partial charge on any atom is -0.465 e. The maximum absolute atomic E-state index is 11.2. The van der Waals surface area contributed by atoms with Gasteiger partial charge in [0.2, 0.25) is 5.91 Å². The summed E-state index contributed by atoms with van der Waals surface area (Å²) in [6, 6.07) is 7.06. The number of nitrogens with one attached hydrogen (secondary N) is 1. The van der Waals surface area contributed by atoms with E-state index in [9.17, 15) is 9.59 Å². The Morgan fingerprint density at radius 2 is 2.12 bits per heavy atom. The van der Waals surface area contributed by atoms with Crippen molar-refractivity contribution < 1.29 is 14.3 Å². The van der Waals surface area contributed by atoms with Gasteiger partial charge in [-0.2, -0.15) is 0 Å². The Morgan fingerprint density at radius 1 is 1.44 bits per heavy atom. The summed E-state index contributed by atoms with van der Waals surface area (Å²) in [6.07, 6.45) is 0. The van der Waals surface area contributed by atoms with Gasteiger partial charge in [0, 0.05) is 0 Å². The van der Waals surface area contributed by atoms with Gasteiger partial charge in [-0.25, -0.2) is 4.79 Å². The van der Waals surface area contributed by atoms with E-state index in [1.54, 1.807) is 23.9 Å². The van der Waals surface area contributed by atoms with Crippen molar-refractivity contribution in [1.29, 1.82) is 0 Å². The number of esters is 1. The van der Waals surface area contributed by atoms with Crippen LogP contribution >= 0.6 is 11.8 Å². The zero-order valence-corrected chi connectivity index (χ0v) is 9.54. The van der Waals surface area contributed by atoms with E-state index in [1.165, 1.54) is 7.11 Å². The number of carbonyl (C=O) groups is 2. The van der Waals surface area contributed by atoms with Crippen LogP contribution in [-0.4, -0.2) is 24.7 Å². The largest absolute Gasteiger partial charge is 0.465 e. The van der Waals surface area contributed by atoms with E-state index in [0.717, 1.165) is 5.56 Å². The van der Waals surface area contributed by atoms with Gasteiger partial charge in [-0.15, -0.1) is 11.8 Å². The van der Waals surface area contributed by atoms with Gasteiger partial charge in [0.05, 0.1) is 18.4 Å². The predicted octanol–water partition coefficient (Wildman–Crippen LogP) is 1.33. The summed E-state index contributed by atoms with van der Waals surface area (Å²) in [6.45, 7) is 0.